The zero-order valence-electron chi connectivity index (χ0n) is 22.5. The third-order valence-corrected chi connectivity index (χ3v) is 7.76. The Morgan fingerprint density at radius 1 is 0.725 bits per heavy atom. The Balaban J connectivity index is 1.90. The summed E-state index contributed by atoms with van der Waals surface area (Å²) >= 11 is 0. The topological polar surface area (TPSA) is 72.9 Å². The molecular weight excluding hydrogens is 502 g/mol. The Kier molecular flexibility index (Phi) is 7.89. The molecule has 202 valence electrons. The lowest BCUT2D eigenvalue weighted by molar-refractivity contribution is -0.162. The highest BCUT2D eigenvalue weighted by Gasteiger charge is 2.55. The van der Waals surface area contributed by atoms with Crippen LogP contribution >= 0.6 is 0 Å². The Morgan fingerprint density at radius 3 is 1.75 bits per heavy atom. The monoisotopic (exact) mass is 533 g/mol. The fourth-order valence-electron chi connectivity index (χ4n) is 6.12. The van der Waals surface area contributed by atoms with Crippen LogP contribution in [0.1, 0.15) is 28.7 Å². The SMILES string of the molecule is COC(=O)[C@@H](CC=O)[C@H](C(=O)OC)N(Cc1ccccc1)C1(c2ccccc2)c2ccccc2-c2ccccc21. The fraction of sp³-hybridized carbons (Fsp3) is 0.206. The number of ether oxygens (including phenoxy) is 2. The molecule has 0 unspecified atom stereocenters. The first-order valence-corrected chi connectivity index (χ1v) is 13.2. The van der Waals surface area contributed by atoms with Crippen molar-refractivity contribution in [1.82, 2.24) is 4.90 Å². The Morgan fingerprint density at radius 2 is 1.23 bits per heavy atom. The van der Waals surface area contributed by atoms with Crippen LogP contribution in [0.2, 0.25) is 0 Å². The van der Waals surface area contributed by atoms with E-state index in [9.17, 15) is 14.4 Å². The van der Waals surface area contributed by atoms with Gasteiger partial charge in [0.25, 0.3) is 0 Å². The molecule has 0 aromatic heterocycles. The summed E-state index contributed by atoms with van der Waals surface area (Å²) in [6.07, 6.45) is 0.454. The van der Waals surface area contributed by atoms with Crippen molar-refractivity contribution in [2.75, 3.05) is 14.2 Å². The van der Waals surface area contributed by atoms with Gasteiger partial charge in [0.05, 0.1) is 25.7 Å². The number of carbonyl (C=O) groups is 3. The first-order valence-electron chi connectivity index (χ1n) is 13.2. The Labute approximate surface area is 234 Å². The van der Waals surface area contributed by atoms with Gasteiger partial charge < -0.3 is 14.3 Å². The smallest absolute Gasteiger partial charge is 0.324 e. The van der Waals surface area contributed by atoms with E-state index in [1.165, 1.54) is 14.2 Å². The average Bonchev–Trinajstić information content (AvgIpc) is 3.31. The van der Waals surface area contributed by atoms with Crippen LogP contribution in [-0.2, 0) is 35.9 Å². The van der Waals surface area contributed by atoms with E-state index in [2.05, 4.69) is 24.3 Å². The number of benzene rings is 4. The summed E-state index contributed by atoms with van der Waals surface area (Å²) in [4.78, 5) is 41.0. The summed E-state index contributed by atoms with van der Waals surface area (Å²) in [5.41, 5.74) is 4.87. The first-order chi connectivity index (χ1) is 19.6. The van der Waals surface area contributed by atoms with Gasteiger partial charge in [-0.1, -0.05) is 109 Å². The molecule has 4 aromatic carbocycles. The van der Waals surface area contributed by atoms with Gasteiger partial charge in [0, 0.05) is 13.0 Å². The molecule has 40 heavy (non-hydrogen) atoms. The van der Waals surface area contributed by atoms with Crippen molar-refractivity contribution in [1.29, 1.82) is 0 Å². The second-order valence-electron chi connectivity index (χ2n) is 9.78. The van der Waals surface area contributed by atoms with Crippen LogP contribution in [0.4, 0.5) is 0 Å². The van der Waals surface area contributed by atoms with E-state index in [4.69, 9.17) is 9.47 Å². The first kappa shape index (κ1) is 27.0. The largest absolute Gasteiger partial charge is 0.469 e. The summed E-state index contributed by atoms with van der Waals surface area (Å²) in [5, 5.41) is 0. The second kappa shape index (κ2) is 11.7. The number of aldehydes is 1. The van der Waals surface area contributed by atoms with Crippen LogP contribution < -0.4 is 0 Å². The Bertz CT molecular complexity index is 1460. The van der Waals surface area contributed by atoms with E-state index in [-0.39, 0.29) is 13.0 Å². The van der Waals surface area contributed by atoms with Crippen LogP contribution in [0.5, 0.6) is 0 Å². The minimum Gasteiger partial charge on any atom is -0.469 e. The molecule has 0 N–H and O–H groups in total. The summed E-state index contributed by atoms with van der Waals surface area (Å²) in [7, 11) is 2.57. The van der Waals surface area contributed by atoms with E-state index in [1.54, 1.807) is 0 Å². The molecule has 0 radical (unpaired) electrons. The number of methoxy groups -OCH3 is 2. The lowest BCUT2D eigenvalue weighted by atomic mass is 9.76. The van der Waals surface area contributed by atoms with Gasteiger partial charge in [0.15, 0.2) is 0 Å². The third-order valence-electron chi connectivity index (χ3n) is 7.76. The number of esters is 2. The highest BCUT2D eigenvalue weighted by Crippen LogP contribution is 2.55. The molecule has 4 aromatic rings. The lowest BCUT2D eigenvalue weighted by Crippen LogP contribution is -2.58. The zero-order chi connectivity index (χ0) is 28.1. The number of hydrogen-bond donors (Lipinski definition) is 0. The van der Waals surface area contributed by atoms with Crippen molar-refractivity contribution in [3.05, 3.63) is 131 Å². The number of carbonyl (C=O) groups excluding carboxylic acids is 3. The van der Waals surface area contributed by atoms with Gasteiger partial charge in [-0.15, -0.1) is 0 Å². The highest BCUT2D eigenvalue weighted by atomic mass is 16.5. The molecule has 5 rings (SSSR count). The van der Waals surface area contributed by atoms with Crippen molar-refractivity contribution in [2.24, 2.45) is 5.92 Å². The van der Waals surface area contributed by atoms with Gasteiger partial charge in [-0.3, -0.25) is 14.5 Å². The molecule has 0 bridgehead atoms. The average molecular weight is 534 g/mol. The number of nitrogens with zero attached hydrogens (tertiary/aromatic N) is 1. The Hall–Kier alpha value is -4.55. The van der Waals surface area contributed by atoms with Crippen molar-refractivity contribution in [3.8, 4) is 11.1 Å². The van der Waals surface area contributed by atoms with Crippen molar-refractivity contribution in [3.63, 3.8) is 0 Å². The van der Waals surface area contributed by atoms with Gasteiger partial charge in [0.2, 0.25) is 0 Å². The molecule has 6 nitrogen and oxygen atoms in total. The van der Waals surface area contributed by atoms with Crippen LogP contribution in [0.3, 0.4) is 0 Å². The standard InChI is InChI=1S/C34H31NO5/c1-39-32(37)28(21-22-36)31(33(38)40-2)35(23-24-13-5-3-6-14-24)34(25-15-7-4-8-16-25)29-19-11-9-17-26(29)27-18-10-12-20-30(27)34/h3-20,22,28,31H,21,23H2,1-2H3/t28-,31+/m0/s1. The third kappa shape index (κ3) is 4.50. The molecule has 0 amide bonds. The normalized spacial score (nSPS) is 14.5. The summed E-state index contributed by atoms with van der Waals surface area (Å²) in [6.45, 7) is 0.282. The summed E-state index contributed by atoms with van der Waals surface area (Å²) in [5.74, 6) is -2.37. The fourth-order valence-corrected chi connectivity index (χ4v) is 6.12. The molecule has 1 aliphatic carbocycles. The number of hydrogen-bond acceptors (Lipinski definition) is 6. The predicted octanol–water partition coefficient (Wildman–Crippen LogP) is 5.38. The predicted molar refractivity (Wildman–Crippen MR) is 152 cm³/mol. The van der Waals surface area contributed by atoms with Crippen molar-refractivity contribution in [2.45, 2.75) is 24.5 Å². The van der Waals surface area contributed by atoms with Crippen molar-refractivity contribution < 1.29 is 23.9 Å². The number of rotatable bonds is 10. The van der Waals surface area contributed by atoms with Gasteiger partial charge in [-0.05, 0) is 33.4 Å². The molecule has 0 fully saturated rings. The van der Waals surface area contributed by atoms with Crippen molar-refractivity contribution >= 4 is 18.2 Å². The zero-order valence-corrected chi connectivity index (χ0v) is 22.5. The lowest BCUT2D eigenvalue weighted by Gasteiger charge is -2.48. The molecule has 0 aliphatic heterocycles. The van der Waals surface area contributed by atoms with E-state index >= 15 is 0 Å². The molecule has 0 heterocycles. The molecule has 0 saturated carbocycles. The quantitative estimate of drug-likeness (QED) is 0.201. The maximum Gasteiger partial charge on any atom is 0.324 e. The molecule has 2 atom stereocenters. The van der Waals surface area contributed by atoms with Crippen LogP contribution in [0.25, 0.3) is 11.1 Å². The van der Waals surface area contributed by atoms with E-state index in [1.807, 2.05) is 89.8 Å². The summed E-state index contributed by atoms with van der Waals surface area (Å²) in [6, 6.07) is 34.9. The minimum absolute atomic E-state index is 0.202. The maximum absolute atomic E-state index is 13.8. The number of fused-ring (bicyclic) bond motifs is 3. The van der Waals surface area contributed by atoms with E-state index in [0.29, 0.717) is 6.29 Å². The van der Waals surface area contributed by atoms with Gasteiger partial charge in [0.1, 0.15) is 12.3 Å². The van der Waals surface area contributed by atoms with Crippen LogP contribution in [0.15, 0.2) is 109 Å². The maximum atomic E-state index is 13.8. The van der Waals surface area contributed by atoms with Gasteiger partial charge >= 0.3 is 11.9 Å². The van der Waals surface area contributed by atoms with Crippen LogP contribution in [0, 0.1) is 5.92 Å². The van der Waals surface area contributed by atoms with Crippen LogP contribution in [-0.4, -0.2) is 43.4 Å². The molecule has 0 spiro atoms. The van der Waals surface area contributed by atoms with Gasteiger partial charge in [-0.25, -0.2) is 0 Å². The molecular formula is C34H31NO5. The second-order valence-corrected chi connectivity index (χ2v) is 9.78. The van der Waals surface area contributed by atoms with Gasteiger partial charge in [-0.2, -0.15) is 0 Å². The molecule has 6 heteroatoms. The minimum atomic E-state index is -1.15. The van der Waals surface area contributed by atoms with E-state index in [0.717, 1.165) is 33.4 Å². The molecule has 0 saturated heterocycles. The molecule has 1 aliphatic rings. The highest BCUT2D eigenvalue weighted by molar-refractivity contribution is 5.88. The summed E-state index contributed by atoms with van der Waals surface area (Å²) < 4.78 is 10.5. The van der Waals surface area contributed by atoms with E-state index < -0.39 is 29.4 Å².